The lowest BCUT2D eigenvalue weighted by molar-refractivity contribution is -0.122. The summed E-state index contributed by atoms with van der Waals surface area (Å²) in [4.78, 5) is 27.4. The topological polar surface area (TPSA) is 120 Å². The molecule has 1 aliphatic carbocycles. The Morgan fingerprint density at radius 2 is 1.87 bits per heavy atom. The Balaban J connectivity index is 1.58. The molecule has 0 radical (unpaired) electrons. The highest BCUT2D eigenvalue weighted by atomic mass is 32.2. The van der Waals surface area contributed by atoms with Crippen molar-refractivity contribution < 1.29 is 22.7 Å². The molecule has 0 saturated heterocycles. The van der Waals surface area contributed by atoms with Crippen LogP contribution in [-0.4, -0.2) is 42.5 Å². The Morgan fingerprint density at radius 3 is 2.62 bits per heavy atom. The Labute approximate surface area is 227 Å². The number of carbonyl (C=O) groups is 1. The molecular weight excluding hydrogens is 516 g/mol. The quantitative estimate of drug-likeness (QED) is 0.346. The average Bonchev–Trinajstić information content (AvgIpc) is 3.65. The van der Waals surface area contributed by atoms with E-state index in [1.165, 1.54) is 19.4 Å². The number of aromatic nitrogens is 3. The zero-order valence-corrected chi connectivity index (χ0v) is 23.2. The largest absolute Gasteiger partial charge is 0.496 e. The number of hydrogen-bond donors (Lipinski definition) is 1. The van der Waals surface area contributed by atoms with Crippen LogP contribution >= 0.6 is 0 Å². The number of methoxy groups -OCH3 is 1. The second-order valence-corrected chi connectivity index (χ2v) is 11.7. The summed E-state index contributed by atoms with van der Waals surface area (Å²) in [5, 5.41) is 0.433. The number of aryl methyl sites for hydroxylation is 2. The van der Waals surface area contributed by atoms with Gasteiger partial charge in [-0.15, -0.1) is 0 Å². The number of ether oxygens (including phenoxy) is 2. The predicted molar refractivity (Wildman–Crippen MR) is 146 cm³/mol. The molecule has 2 atom stereocenters. The maximum atomic E-state index is 14.1. The Bertz CT molecular complexity index is 1690. The molecule has 1 saturated carbocycles. The van der Waals surface area contributed by atoms with E-state index < -0.39 is 27.3 Å². The molecule has 9 nitrogen and oxygen atoms in total. The van der Waals surface area contributed by atoms with Gasteiger partial charge in [-0.25, -0.2) is 18.1 Å². The first-order valence-corrected chi connectivity index (χ1v) is 14.1. The normalized spacial score (nSPS) is 18.7. The lowest BCUT2D eigenvalue weighted by Crippen LogP contribution is -2.40. The van der Waals surface area contributed by atoms with Crippen molar-refractivity contribution in [3.8, 4) is 11.6 Å². The lowest BCUT2D eigenvalue weighted by atomic mass is 9.89. The van der Waals surface area contributed by atoms with E-state index in [9.17, 15) is 13.2 Å². The summed E-state index contributed by atoms with van der Waals surface area (Å²) in [5.74, 6) is -0.275. The number of nitrogens with one attached hydrogen (secondary N) is 1. The van der Waals surface area contributed by atoms with Crippen molar-refractivity contribution in [3.63, 3.8) is 0 Å². The predicted octanol–water partition coefficient (Wildman–Crippen LogP) is 4.37. The van der Waals surface area contributed by atoms with Gasteiger partial charge in [-0.3, -0.25) is 14.8 Å². The van der Waals surface area contributed by atoms with E-state index in [4.69, 9.17) is 9.47 Å². The number of benzene rings is 2. The van der Waals surface area contributed by atoms with Crippen molar-refractivity contribution in [3.05, 3.63) is 83.4 Å². The van der Waals surface area contributed by atoms with Crippen LogP contribution in [0.25, 0.3) is 10.9 Å². The van der Waals surface area contributed by atoms with Crippen LogP contribution in [-0.2, 0) is 20.2 Å². The molecule has 1 aliphatic rings. The van der Waals surface area contributed by atoms with Gasteiger partial charge in [-0.2, -0.15) is 0 Å². The summed E-state index contributed by atoms with van der Waals surface area (Å²) in [5.41, 5.74) is 2.09. The van der Waals surface area contributed by atoms with E-state index in [-0.39, 0.29) is 11.0 Å². The standard InChI is InChI=1S/C29H30N4O5S/c1-17(2)38-27-16-30-15-24(32-27)22-14-29(22,21-13-18(3)9-12-25(21)37-5)28(34)33-39(35,36)26-8-6-7-23-20(26)11-10-19(4)31-23/h6-13,15-17,22H,14H2,1-5H3,(H,33,34)/t22-,29-/m1/s1. The number of rotatable bonds is 8. The van der Waals surface area contributed by atoms with Gasteiger partial charge in [0.2, 0.25) is 11.8 Å². The minimum atomic E-state index is -4.25. The van der Waals surface area contributed by atoms with Crippen molar-refractivity contribution in [1.82, 2.24) is 19.7 Å². The molecule has 0 unspecified atom stereocenters. The van der Waals surface area contributed by atoms with E-state index >= 15 is 0 Å². The van der Waals surface area contributed by atoms with E-state index in [0.29, 0.717) is 40.2 Å². The van der Waals surface area contributed by atoms with Crippen molar-refractivity contribution in [2.24, 2.45) is 0 Å². The van der Waals surface area contributed by atoms with Crippen LogP contribution in [0.4, 0.5) is 0 Å². The van der Waals surface area contributed by atoms with Crippen LogP contribution in [0.15, 0.2) is 65.8 Å². The van der Waals surface area contributed by atoms with Gasteiger partial charge in [0.05, 0.1) is 40.9 Å². The highest BCUT2D eigenvalue weighted by Crippen LogP contribution is 2.62. The third kappa shape index (κ3) is 4.92. The first-order chi connectivity index (χ1) is 18.5. The fourth-order valence-corrected chi connectivity index (χ4v) is 6.28. The van der Waals surface area contributed by atoms with Crippen LogP contribution < -0.4 is 14.2 Å². The molecule has 2 aromatic heterocycles. The van der Waals surface area contributed by atoms with Crippen molar-refractivity contribution in [1.29, 1.82) is 0 Å². The van der Waals surface area contributed by atoms with E-state index in [0.717, 1.165) is 11.3 Å². The van der Waals surface area contributed by atoms with Crippen molar-refractivity contribution in [2.75, 3.05) is 7.11 Å². The van der Waals surface area contributed by atoms with Crippen LogP contribution in [0.3, 0.4) is 0 Å². The molecule has 0 spiro atoms. The van der Waals surface area contributed by atoms with Gasteiger partial charge in [0.15, 0.2) is 0 Å². The summed E-state index contributed by atoms with van der Waals surface area (Å²) < 4.78 is 41.0. The van der Waals surface area contributed by atoms with Crippen molar-refractivity contribution in [2.45, 2.75) is 56.4 Å². The summed E-state index contributed by atoms with van der Waals surface area (Å²) >= 11 is 0. The van der Waals surface area contributed by atoms with E-state index in [2.05, 4.69) is 19.7 Å². The fourth-order valence-electron chi connectivity index (χ4n) is 5.02. The highest BCUT2D eigenvalue weighted by Gasteiger charge is 2.64. The molecule has 0 aliphatic heterocycles. The summed E-state index contributed by atoms with van der Waals surface area (Å²) in [6, 6.07) is 13.8. The maximum absolute atomic E-state index is 14.1. The second kappa shape index (κ2) is 9.92. The van der Waals surface area contributed by atoms with Gasteiger partial charge in [-0.1, -0.05) is 23.8 Å². The first kappa shape index (κ1) is 26.6. The highest BCUT2D eigenvalue weighted by molar-refractivity contribution is 7.90. The summed E-state index contributed by atoms with van der Waals surface area (Å²) in [6.45, 7) is 7.51. The smallest absolute Gasteiger partial charge is 0.264 e. The molecule has 202 valence electrons. The summed E-state index contributed by atoms with van der Waals surface area (Å²) in [6.07, 6.45) is 3.32. The Hall–Kier alpha value is -4.05. The molecule has 2 aromatic carbocycles. The van der Waals surface area contributed by atoms with Gasteiger partial charge < -0.3 is 9.47 Å². The van der Waals surface area contributed by atoms with Gasteiger partial charge in [0.1, 0.15) is 5.75 Å². The van der Waals surface area contributed by atoms with Crippen LogP contribution in [0.5, 0.6) is 11.6 Å². The minimum Gasteiger partial charge on any atom is -0.496 e. The number of nitrogens with zero attached hydrogens (tertiary/aromatic N) is 3. The fraction of sp³-hybridized carbons (Fsp3) is 0.310. The number of amides is 1. The lowest BCUT2D eigenvalue weighted by Gasteiger charge is -2.21. The monoisotopic (exact) mass is 546 g/mol. The number of hydrogen-bond acceptors (Lipinski definition) is 8. The van der Waals surface area contributed by atoms with Crippen LogP contribution in [0, 0.1) is 13.8 Å². The van der Waals surface area contributed by atoms with Crippen LogP contribution in [0.2, 0.25) is 0 Å². The first-order valence-electron chi connectivity index (χ1n) is 12.6. The molecule has 10 heteroatoms. The molecule has 39 heavy (non-hydrogen) atoms. The molecule has 0 bridgehead atoms. The molecule has 4 aromatic rings. The SMILES string of the molecule is COc1ccc(C)cc1[C@]1(C(=O)NS(=O)(=O)c2cccc3nc(C)ccc23)C[C@@H]1c1cncc(OC(C)C)n1. The third-order valence-corrected chi connectivity index (χ3v) is 8.28. The number of fused-ring (bicyclic) bond motifs is 1. The maximum Gasteiger partial charge on any atom is 0.264 e. The van der Waals surface area contributed by atoms with Gasteiger partial charge >= 0.3 is 0 Å². The van der Waals surface area contributed by atoms with Crippen molar-refractivity contribution >= 4 is 26.8 Å². The second-order valence-electron chi connectivity index (χ2n) is 10.1. The average molecular weight is 547 g/mol. The Kier molecular flexibility index (Phi) is 6.76. The number of sulfonamides is 1. The zero-order chi connectivity index (χ0) is 27.9. The molecule has 1 N–H and O–H groups in total. The van der Waals surface area contributed by atoms with Gasteiger partial charge in [0.25, 0.3) is 10.0 Å². The molecule has 5 rings (SSSR count). The number of carbonyl (C=O) groups excluding carboxylic acids is 1. The molecule has 1 fully saturated rings. The molecule has 1 amide bonds. The van der Waals surface area contributed by atoms with Crippen LogP contribution in [0.1, 0.15) is 48.7 Å². The molecule has 2 heterocycles. The number of pyridine rings is 1. The Morgan fingerprint density at radius 1 is 1.08 bits per heavy atom. The van der Waals surface area contributed by atoms with E-state index in [1.807, 2.05) is 39.8 Å². The van der Waals surface area contributed by atoms with Gasteiger partial charge in [-0.05, 0) is 64.4 Å². The molecular formula is C29H30N4O5S. The van der Waals surface area contributed by atoms with Gasteiger partial charge in [0, 0.05) is 28.8 Å². The zero-order valence-electron chi connectivity index (χ0n) is 22.4. The summed E-state index contributed by atoms with van der Waals surface area (Å²) in [7, 11) is -2.73. The third-order valence-electron chi connectivity index (χ3n) is 6.89. The minimum absolute atomic E-state index is 0.0171. The van der Waals surface area contributed by atoms with E-state index in [1.54, 1.807) is 36.5 Å².